The summed E-state index contributed by atoms with van der Waals surface area (Å²) >= 11 is 0. The summed E-state index contributed by atoms with van der Waals surface area (Å²) in [6.07, 6.45) is 0. The van der Waals surface area contributed by atoms with E-state index in [0.717, 1.165) is 5.39 Å². The van der Waals surface area contributed by atoms with Crippen LogP contribution in [0.1, 0.15) is 43.6 Å². The Morgan fingerprint density at radius 2 is 1.72 bits per heavy atom. The van der Waals surface area contributed by atoms with E-state index in [1.165, 1.54) is 19.2 Å². The summed E-state index contributed by atoms with van der Waals surface area (Å²) in [5.41, 5.74) is 0.682. The summed E-state index contributed by atoms with van der Waals surface area (Å²) in [4.78, 5) is 12.2. The molecule has 0 unspecified atom stereocenters. The number of hydrogen-bond acceptors (Lipinski definition) is 4. The lowest BCUT2D eigenvalue weighted by molar-refractivity contribution is 0.00578. The number of esters is 1. The van der Waals surface area contributed by atoms with Crippen LogP contribution in [-0.4, -0.2) is 31.4 Å². The molecule has 1 fully saturated rings. The van der Waals surface area contributed by atoms with E-state index in [4.69, 9.17) is 14.0 Å². The van der Waals surface area contributed by atoms with Gasteiger partial charge in [0, 0.05) is 0 Å². The number of carbonyl (C=O) groups excluding carboxylic acids is 1. The molecule has 0 spiro atoms. The zero-order chi connectivity index (χ0) is 18.6. The van der Waals surface area contributed by atoms with Crippen LogP contribution in [0.4, 0.5) is 4.39 Å². The molecule has 1 heterocycles. The molecule has 4 nitrogen and oxygen atoms in total. The average molecular weight is 344 g/mol. The van der Waals surface area contributed by atoms with Crippen LogP contribution in [0.15, 0.2) is 24.3 Å². The summed E-state index contributed by atoms with van der Waals surface area (Å²) in [6, 6.07) is 6.17. The number of carbonyl (C=O) groups is 1. The van der Waals surface area contributed by atoms with Crippen molar-refractivity contribution in [2.24, 2.45) is 0 Å². The average Bonchev–Trinajstić information content (AvgIpc) is 2.73. The first-order chi connectivity index (χ1) is 11.6. The lowest BCUT2D eigenvalue weighted by atomic mass is 9.72. The maximum atomic E-state index is 13.9. The topological polar surface area (TPSA) is 44.8 Å². The van der Waals surface area contributed by atoms with Gasteiger partial charge in [0.2, 0.25) is 0 Å². The van der Waals surface area contributed by atoms with Gasteiger partial charge in [-0.3, -0.25) is 0 Å². The first kappa shape index (κ1) is 17.9. The Bertz CT molecular complexity index is 844. The quantitative estimate of drug-likeness (QED) is 0.619. The second-order valence-electron chi connectivity index (χ2n) is 7.41. The molecule has 0 aliphatic carbocycles. The first-order valence-corrected chi connectivity index (χ1v) is 8.24. The van der Waals surface area contributed by atoms with E-state index in [0.29, 0.717) is 22.0 Å². The number of methoxy groups -OCH3 is 1. The van der Waals surface area contributed by atoms with Gasteiger partial charge in [-0.1, -0.05) is 6.07 Å². The third kappa shape index (κ3) is 2.83. The SMILES string of the molecule is COC(=O)c1cc2ccc(F)cc2c(B2OC(C)(C)C(C)(C)O2)c1C. The predicted octanol–water partition coefficient (Wildman–Crippen LogP) is 3.37. The second kappa shape index (κ2) is 5.82. The van der Waals surface area contributed by atoms with E-state index in [2.05, 4.69) is 0 Å². The minimum Gasteiger partial charge on any atom is -0.465 e. The zero-order valence-electron chi connectivity index (χ0n) is 15.4. The fourth-order valence-electron chi connectivity index (χ4n) is 3.09. The largest absolute Gasteiger partial charge is 0.495 e. The van der Waals surface area contributed by atoms with Gasteiger partial charge in [-0.15, -0.1) is 0 Å². The van der Waals surface area contributed by atoms with Crippen molar-refractivity contribution in [3.8, 4) is 0 Å². The molecule has 1 saturated heterocycles. The second-order valence-corrected chi connectivity index (χ2v) is 7.41. The van der Waals surface area contributed by atoms with E-state index in [1.807, 2.05) is 27.7 Å². The molecule has 1 aliphatic heterocycles. The Balaban J connectivity index is 2.27. The number of rotatable bonds is 2. The molecule has 3 rings (SSSR count). The van der Waals surface area contributed by atoms with Crippen molar-refractivity contribution in [2.45, 2.75) is 45.8 Å². The van der Waals surface area contributed by atoms with Gasteiger partial charge >= 0.3 is 13.1 Å². The monoisotopic (exact) mass is 344 g/mol. The minimum absolute atomic E-state index is 0.351. The van der Waals surface area contributed by atoms with Crippen LogP contribution in [0.2, 0.25) is 0 Å². The van der Waals surface area contributed by atoms with Crippen molar-refractivity contribution in [3.63, 3.8) is 0 Å². The number of halogens is 1. The van der Waals surface area contributed by atoms with Crippen LogP contribution in [0, 0.1) is 12.7 Å². The number of ether oxygens (including phenoxy) is 1. The van der Waals surface area contributed by atoms with Crippen LogP contribution >= 0.6 is 0 Å². The standard InChI is InChI=1S/C19H22BFO4/c1-11-14(17(22)23-6)9-12-7-8-13(21)10-15(12)16(11)20-24-18(2,3)19(4,5)25-20/h7-10H,1-6H3. The maximum absolute atomic E-state index is 13.9. The van der Waals surface area contributed by atoms with Crippen molar-refractivity contribution < 1.29 is 23.2 Å². The smallest absolute Gasteiger partial charge is 0.465 e. The third-order valence-corrected chi connectivity index (χ3v) is 5.31. The molecule has 0 saturated carbocycles. The molecule has 1 aliphatic rings. The summed E-state index contributed by atoms with van der Waals surface area (Å²) in [5, 5.41) is 1.40. The first-order valence-electron chi connectivity index (χ1n) is 8.24. The van der Waals surface area contributed by atoms with Gasteiger partial charge in [0.15, 0.2) is 0 Å². The highest BCUT2D eigenvalue weighted by Gasteiger charge is 2.52. The van der Waals surface area contributed by atoms with Gasteiger partial charge in [-0.05, 0) is 74.6 Å². The molecule has 0 bridgehead atoms. The summed E-state index contributed by atoms with van der Waals surface area (Å²) < 4.78 is 31.1. The molecule has 132 valence electrons. The van der Waals surface area contributed by atoms with Crippen LogP contribution in [-0.2, 0) is 14.0 Å². The summed E-state index contributed by atoms with van der Waals surface area (Å²) in [7, 11) is 0.643. The Labute approximate surface area is 147 Å². The predicted molar refractivity (Wildman–Crippen MR) is 95.7 cm³/mol. The van der Waals surface area contributed by atoms with E-state index in [1.54, 1.807) is 19.1 Å². The van der Waals surface area contributed by atoms with E-state index < -0.39 is 24.3 Å². The highest BCUT2D eigenvalue weighted by atomic mass is 19.1. The van der Waals surface area contributed by atoms with Gasteiger partial charge in [0.25, 0.3) is 0 Å². The fraction of sp³-hybridized carbons (Fsp3) is 0.421. The molecule has 0 radical (unpaired) electrons. The van der Waals surface area contributed by atoms with Gasteiger partial charge in [0.05, 0.1) is 23.9 Å². The molecule has 0 aromatic heterocycles. The molecule has 0 N–H and O–H groups in total. The van der Waals surface area contributed by atoms with E-state index in [-0.39, 0.29) is 5.82 Å². The highest BCUT2D eigenvalue weighted by Crippen LogP contribution is 2.37. The lowest BCUT2D eigenvalue weighted by Crippen LogP contribution is -2.41. The van der Waals surface area contributed by atoms with Gasteiger partial charge in [-0.2, -0.15) is 0 Å². The Kier molecular flexibility index (Phi) is 4.16. The zero-order valence-corrected chi connectivity index (χ0v) is 15.4. The molecule has 0 atom stereocenters. The Hall–Kier alpha value is -1.92. The van der Waals surface area contributed by atoms with E-state index >= 15 is 0 Å². The number of fused-ring (bicyclic) bond motifs is 1. The molecule has 0 amide bonds. The molecule has 2 aromatic rings. The van der Waals surface area contributed by atoms with Gasteiger partial charge in [-0.25, -0.2) is 9.18 Å². The van der Waals surface area contributed by atoms with Gasteiger partial charge in [0.1, 0.15) is 5.82 Å². The molecule has 6 heteroatoms. The number of hydrogen-bond donors (Lipinski definition) is 0. The van der Waals surface area contributed by atoms with Crippen LogP contribution in [0.25, 0.3) is 10.8 Å². The molecule has 25 heavy (non-hydrogen) atoms. The number of benzene rings is 2. The van der Waals surface area contributed by atoms with Crippen LogP contribution in [0.3, 0.4) is 0 Å². The maximum Gasteiger partial charge on any atom is 0.495 e. The normalized spacial score (nSPS) is 18.6. The van der Waals surface area contributed by atoms with E-state index in [9.17, 15) is 9.18 Å². The van der Waals surface area contributed by atoms with Crippen molar-refractivity contribution >= 4 is 29.3 Å². The molecule has 2 aromatic carbocycles. The van der Waals surface area contributed by atoms with Crippen molar-refractivity contribution in [1.29, 1.82) is 0 Å². The van der Waals surface area contributed by atoms with Crippen molar-refractivity contribution in [1.82, 2.24) is 0 Å². The third-order valence-electron chi connectivity index (χ3n) is 5.31. The van der Waals surface area contributed by atoms with Crippen molar-refractivity contribution in [3.05, 3.63) is 41.2 Å². The van der Waals surface area contributed by atoms with Crippen molar-refractivity contribution in [2.75, 3.05) is 7.11 Å². The minimum atomic E-state index is -0.695. The lowest BCUT2D eigenvalue weighted by Gasteiger charge is -2.32. The fourth-order valence-corrected chi connectivity index (χ4v) is 3.09. The Morgan fingerprint density at radius 1 is 1.12 bits per heavy atom. The van der Waals surface area contributed by atoms with Crippen LogP contribution < -0.4 is 5.46 Å². The Morgan fingerprint density at radius 3 is 2.28 bits per heavy atom. The summed E-state index contributed by atoms with van der Waals surface area (Å²) in [6.45, 7) is 9.62. The van der Waals surface area contributed by atoms with Gasteiger partial charge < -0.3 is 14.0 Å². The summed E-state index contributed by atoms with van der Waals surface area (Å²) in [5.74, 6) is -0.794. The highest BCUT2D eigenvalue weighted by molar-refractivity contribution is 6.66. The van der Waals surface area contributed by atoms with Crippen LogP contribution in [0.5, 0.6) is 0 Å². The molecular weight excluding hydrogens is 322 g/mol. The molecular formula is C19H22BFO4.